The van der Waals surface area contributed by atoms with Gasteiger partial charge in [0, 0.05) is 26.1 Å². The Labute approximate surface area is 123 Å². The third-order valence-corrected chi connectivity index (χ3v) is 4.76. The van der Waals surface area contributed by atoms with Crippen molar-refractivity contribution in [2.75, 3.05) is 26.2 Å². The van der Waals surface area contributed by atoms with E-state index in [2.05, 4.69) is 0 Å². The number of carbonyl (C=O) groups excluding carboxylic acids is 1. The third-order valence-electron chi connectivity index (χ3n) is 4.76. The number of hydrogen-bond acceptors (Lipinski definition) is 3. The van der Waals surface area contributed by atoms with Crippen LogP contribution in [0.15, 0.2) is 0 Å². The molecule has 1 amide bonds. The standard InChI is InChI=1S/C16H30N2O2/c17-10-13-20-15-8-11-18(12-9-15)16(19)7-6-14-4-2-1-3-5-14/h14-15H,1-13,17H2. The molecule has 0 aromatic rings. The van der Waals surface area contributed by atoms with E-state index in [-0.39, 0.29) is 0 Å². The van der Waals surface area contributed by atoms with E-state index >= 15 is 0 Å². The predicted molar refractivity (Wildman–Crippen MR) is 80.4 cm³/mol. The molecule has 1 aliphatic carbocycles. The van der Waals surface area contributed by atoms with Crippen LogP contribution in [-0.2, 0) is 9.53 Å². The summed E-state index contributed by atoms with van der Waals surface area (Å²) in [6.45, 7) is 2.94. The van der Waals surface area contributed by atoms with Gasteiger partial charge in [0.2, 0.25) is 5.91 Å². The average Bonchev–Trinajstić information content (AvgIpc) is 2.52. The van der Waals surface area contributed by atoms with Gasteiger partial charge in [-0.25, -0.2) is 0 Å². The molecule has 1 aliphatic heterocycles. The Balaban J connectivity index is 1.61. The lowest BCUT2D eigenvalue weighted by molar-refractivity contribution is -0.134. The second kappa shape index (κ2) is 8.63. The van der Waals surface area contributed by atoms with Gasteiger partial charge in [0.25, 0.3) is 0 Å². The van der Waals surface area contributed by atoms with Crippen LogP contribution in [0.3, 0.4) is 0 Å². The van der Waals surface area contributed by atoms with E-state index in [1.54, 1.807) is 0 Å². The molecule has 2 aliphatic rings. The summed E-state index contributed by atoms with van der Waals surface area (Å²) in [7, 11) is 0. The lowest BCUT2D eigenvalue weighted by Gasteiger charge is -2.32. The van der Waals surface area contributed by atoms with Crippen molar-refractivity contribution in [2.24, 2.45) is 11.7 Å². The highest BCUT2D eigenvalue weighted by Crippen LogP contribution is 2.27. The Morgan fingerprint density at radius 1 is 1.10 bits per heavy atom. The highest BCUT2D eigenvalue weighted by Gasteiger charge is 2.23. The first-order valence-electron chi connectivity index (χ1n) is 8.39. The van der Waals surface area contributed by atoms with Crippen LogP contribution in [0.25, 0.3) is 0 Å². The van der Waals surface area contributed by atoms with Crippen LogP contribution < -0.4 is 5.73 Å². The molecule has 4 nitrogen and oxygen atoms in total. The zero-order chi connectivity index (χ0) is 14.2. The summed E-state index contributed by atoms with van der Waals surface area (Å²) in [4.78, 5) is 14.3. The largest absolute Gasteiger partial charge is 0.377 e. The van der Waals surface area contributed by atoms with Crippen LogP contribution in [0, 0.1) is 5.92 Å². The van der Waals surface area contributed by atoms with Gasteiger partial charge < -0.3 is 15.4 Å². The summed E-state index contributed by atoms with van der Waals surface area (Å²) in [5, 5.41) is 0. The van der Waals surface area contributed by atoms with Gasteiger partial charge in [0.05, 0.1) is 12.7 Å². The van der Waals surface area contributed by atoms with E-state index < -0.39 is 0 Å². The molecule has 0 radical (unpaired) electrons. The number of rotatable bonds is 6. The highest BCUT2D eigenvalue weighted by molar-refractivity contribution is 5.76. The van der Waals surface area contributed by atoms with E-state index in [1.165, 1.54) is 32.1 Å². The topological polar surface area (TPSA) is 55.6 Å². The average molecular weight is 282 g/mol. The lowest BCUT2D eigenvalue weighted by atomic mass is 9.86. The van der Waals surface area contributed by atoms with Crippen molar-refractivity contribution in [3.63, 3.8) is 0 Å². The molecule has 0 spiro atoms. The minimum atomic E-state index is 0.306. The summed E-state index contributed by atoms with van der Waals surface area (Å²) in [6, 6.07) is 0. The molecule has 0 aromatic carbocycles. The molecule has 0 atom stereocenters. The van der Waals surface area contributed by atoms with Gasteiger partial charge in [0.15, 0.2) is 0 Å². The van der Waals surface area contributed by atoms with E-state index in [0.717, 1.165) is 44.7 Å². The smallest absolute Gasteiger partial charge is 0.222 e. The van der Waals surface area contributed by atoms with Crippen molar-refractivity contribution < 1.29 is 9.53 Å². The molecule has 20 heavy (non-hydrogen) atoms. The van der Waals surface area contributed by atoms with Crippen molar-refractivity contribution in [2.45, 2.75) is 63.9 Å². The molecule has 2 rings (SSSR count). The zero-order valence-electron chi connectivity index (χ0n) is 12.7. The monoisotopic (exact) mass is 282 g/mol. The van der Waals surface area contributed by atoms with Gasteiger partial charge in [-0.3, -0.25) is 4.79 Å². The molecule has 1 saturated carbocycles. The lowest BCUT2D eigenvalue weighted by Crippen LogP contribution is -2.41. The number of likely N-dealkylation sites (tertiary alicyclic amines) is 1. The van der Waals surface area contributed by atoms with Gasteiger partial charge in [-0.1, -0.05) is 32.1 Å². The van der Waals surface area contributed by atoms with Crippen molar-refractivity contribution in [3.05, 3.63) is 0 Å². The van der Waals surface area contributed by atoms with Crippen molar-refractivity contribution in [3.8, 4) is 0 Å². The van der Waals surface area contributed by atoms with Gasteiger partial charge in [0.1, 0.15) is 0 Å². The normalized spacial score (nSPS) is 22.1. The van der Waals surface area contributed by atoms with Crippen molar-refractivity contribution in [1.29, 1.82) is 0 Å². The maximum atomic E-state index is 12.2. The van der Waals surface area contributed by atoms with Crippen LogP contribution >= 0.6 is 0 Å². The van der Waals surface area contributed by atoms with Crippen molar-refractivity contribution >= 4 is 5.91 Å². The van der Waals surface area contributed by atoms with E-state index in [9.17, 15) is 4.79 Å². The first-order chi connectivity index (χ1) is 9.79. The van der Waals surface area contributed by atoms with Crippen molar-refractivity contribution in [1.82, 2.24) is 4.90 Å². The second-order valence-electron chi connectivity index (χ2n) is 6.28. The van der Waals surface area contributed by atoms with Gasteiger partial charge in [-0.2, -0.15) is 0 Å². The quantitative estimate of drug-likeness (QED) is 0.813. The Morgan fingerprint density at radius 2 is 1.80 bits per heavy atom. The summed E-state index contributed by atoms with van der Waals surface area (Å²) >= 11 is 0. The fraction of sp³-hybridized carbons (Fsp3) is 0.938. The maximum Gasteiger partial charge on any atom is 0.222 e. The molecule has 1 heterocycles. The molecule has 0 aromatic heterocycles. The molecule has 0 unspecified atom stereocenters. The highest BCUT2D eigenvalue weighted by atomic mass is 16.5. The number of piperidine rings is 1. The first-order valence-corrected chi connectivity index (χ1v) is 8.39. The molecular formula is C16H30N2O2. The molecular weight excluding hydrogens is 252 g/mol. The third kappa shape index (κ3) is 5.06. The number of nitrogens with zero attached hydrogens (tertiary/aromatic N) is 1. The number of nitrogens with two attached hydrogens (primary N) is 1. The summed E-state index contributed by atoms with van der Waals surface area (Å²) in [5.74, 6) is 1.16. The zero-order valence-corrected chi connectivity index (χ0v) is 12.7. The Bertz CT molecular complexity index is 282. The van der Waals surface area contributed by atoms with E-state index in [0.29, 0.717) is 25.2 Å². The maximum absolute atomic E-state index is 12.2. The van der Waals surface area contributed by atoms with Crippen LogP contribution in [0.2, 0.25) is 0 Å². The molecule has 2 fully saturated rings. The number of ether oxygens (including phenoxy) is 1. The number of hydrogen-bond donors (Lipinski definition) is 1. The molecule has 0 bridgehead atoms. The number of amides is 1. The summed E-state index contributed by atoms with van der Waals surface area (Å²) in [5.41, 5.74) is 5.44. The SMILES string of the molecule is NCCOC1CCN(C(=O)CCC2CCCCC2)CC1. The van der Waals surface area contributed by atoms with E-state index in [4.69, 9.17) is 10.5 Å². The second-order valence-corrected chi connectivity index (χ2v) is 6.28. The fourth-order valence-corrected chi connectivity index (χ4v) is 3.47. The Hall–Kier alpha value is -0.610. The molecule has 2 N–H and O–H groups in total. The van der Waals surface area contributed by atoms with Gasteiger partial charge in [-0.05, 0) is 25.2 Å². The van der Waals surface area contributed by atoms with Crippen LogP contribution in [0.1, 0.15) is 57.8 Å². The summed E-state index contributed by atoms with van der Waals surface area (Å²) in [6.07, 6.45) is 10.9. The fourth-order valence-electron chi connectivity index (χ4n) is 3.47. The van der Waals surface area contributed by atoms with Gasteiger partial charge >= 0.3 is 0 Å². The predicted octanol–water partition coefficient (Wildman–Crippen LogP) is 2.31. The van der Waals surface area contributed by atoms with Crippen LogP contribution in [0.4, 0.5) is 0 Å². The minimum Gasteiger partial charge on any atom is -0.377 e. The minimum absolute atomic E-state index is 0.306. The Morgan fingerprint density at radius 3 is 2.45 bits per heavy atom. The van der Waals surface area contributed by atoms with Crippen LogP contribution in [0.5, 0.6) is 0 Å². The Kier molecular flexibility index (Phi) is 6.80. The molecule has 1 saturated heterocycles. The van der Waals surface area contributed by atoms with E-state index in [1.807, 2.05) is 4.90 Å². The first kappa shape index (κ1) is 15.8. The number of carbonyl (C=O) groups is 1. The van der Waals surface area contributed by atoms with Crippen LogP contribution in [-0.4, -0.2) is 43.2 Å². The molecule has 4 heteroatoms. The molecule has 116 valence electrons. The van der Waals surface area contributed by atoms with Gasteiger partial charge in [-0.15, -0.1) is 0 Å². The summed E-state index contributed by atoms with van der Waals surface area (Å²) < 4.78 is 5.65.